The molecule has 0 aromatic heterocycles. The summed E-state index contributed by atoms with van der Waals surface area (Å²) >= 11 is 0. The Kier molecular flexibility index (Phi) is 12.7. The summed E-state index contributed by atoms with van der Waals surface area (Å²) in [5, 5.41) is 0. The molecule has 0 saturated heterocycles. The fraction of sp³-hybridized carbons (Fsp3) is 0.600. The molecule has 0 bridgehead atoms. The lowest BCUT2D eigenvalue weighted by atomic mass is 10.1. The summed E-state index contributed by atoms with van der Waals surface area (Å²) in [6.45, 7) is 11.7. The summed E-state index contributed by atoms with van der Waals surface area (Å²) in [5.41, 5.74) is 6.51. The van der Waals surface area contributed by atoms with Gasteiger partial charge in [0.25, 0.3) is 0 Å². The van der Waals surface area contributed by atoms with Gasteiger partial charge in [0.2, 0.25) is 0 Å². The zero-order valence-corrected chi connectivity index (χ0v) is 21.9. The number of nitrogens with two attached hydrogens (primary N) is 1. The van der Waals surface area contributed by atoms with E-state index in [1.165, 1.54) is 12.1 Å². The number of ether oxygens (including phenoxy) is 6. The Balaban J connectivity index is 2.92. The SMILES string of the molecule is CCCC(=O)OC(C)[C@H](C)OC(=O)[C@@H](N)Cc1ccc(OC(=O)OC(C)C)c(OC(=O)OC(C)C)c1. The second kappa shape index (κ2) is 14.9. The van der Waals surface area contributed by atoms with Crippen molar-refractivity contribution in [1.82, 2.24) is 0 Å². The molecule has 0 radical (unpaired) electrons. The normalized spacial score (nSPS) is 13.4. The van der Waals surface area contributed by atoms with Gasteiger partial charge in [-0.25, -0.2) is 9.59 Å². The van der Waals surface area contributed by atoms with Crippen LogP contribution in [0.15, 0.2) is 18.2 Å². The predicted molar refractivity (Wildman–Crippen MR) is 129 cm³/mol. The van der Waals surface area contributed by atoms with Crippen LogP contribution in [0.3, 0.4) is 0 Å². The highest BCUT2D eigenvalue weighted by Crippen LogP contribution is 2.30. The lowest BCUT2D eigenvalue weighted by molar-refractivity contribution is -0.166. The number of rotatable bonds is 12. The fourth-order valence-corrected chi connectivity index (χ4v) is 2.73. The third kappa shape index (κ3) is 11.4. The van der Waals surface area contributed by atoms with Gasteiger partial charge < -0.3 is 34.2 Å². The molecule has 11 heteroatoms. The minimum atomic E-state index is -1.07. The Morgan fingerprint density at radius 3 is 1.83 bits per heavy atom. The van der Waals surface area contributed by atoms with Gasteiger partial charge in [-0.1, -0.05) is 13.0 Å². The van der Waals surface area contributed by atoms with E-state index >= 15 is 0 Å². The molecule has 1 aromatic carbocycles. The van der Waals surface area contributed by atoms with E-state index in [0.717, 1.165) is 0 Å². The molecule has 0 aliphatic rings. The van der Waals surface area contributed by atoms with Crippen molar-refractivity contribution < 1.29 is 47.6 Å². The fourth-order valence-electron chi connectivity index (χ4n) is 2.73. The second-order valence-corrected chi connectivity index (χ2v) is 8.72. The molecule has 202 valence electrons. The van der Waals surface area contributed by atoms with Crippen molar-refractivity contribution in [2.45, 2.75) is 98.2 Å². The van der Waals surface area contributed by atoms with E-state index in [9.17, 15) is 19.2 Å². The van der Waals surface area contributed by atoms with E-state index in [4.69, 9.17) is 34.2 Å². The Bertz CT molecular complexity index is 899. The molecular formula is C25H37NO10. The molecule has 0 fully saturated rings. The molecule has 36 heavy (non-hydrogen) atoms. The maximum absolute atomic E-state index is 12.5. The topological polar surface area (TPSA) is 150 Å². The molecule has 2 N–H and O–H groups in total. The number of carbonyl (C=O) groups is 4. The van der Waals surface area contributed by atoms with E-state index in [1.807, 2.05) is 6.92 Å². The summed E-state index contributed by atoms with van der Waals surface area (Å²) in [6.07, 6.45) is -3.27. The first kappa shape index (κ1) is 30.7. The minimum Gasteiger partial charge on any atom is -0.459 e. The third-order valence-corrected chi connectivity index (χ3v) is 4.55. The van der Waals surface area contributed by atoms with Crippen molar-refractivity contribution in [3.05, 3.63) is 23.8 Å². The number of benzene rings is 1. The minimum absolute atomic E-state index is 0.0157. The van der Waals surface area contributed by atoms with Crippen molar-refractivity contribution in [2.24, 2.45) is 5.73 Å². The van der Waals surface area contributed by atoms with E-state index in [-0.39, 0.29) is 30.3 Å². The third-order valence-electron chi connectivity index (χ3n) is 4.55. The highest BCUT2D eigenvalue weighted by Gasteiger charge is 2.25. The number of esters is 2. The number of hydrogen-bond acceptors (Lipinski definition) is 11. The van der Waals surface area contributed by atoms with E-state index in [1.54, 1.807) is 47.6 Å². The molecule has 0 aliphatic carbocycles. The van der Waals surface area contributed by atoms with Gasteiger partial charge in [0.05, 0.1) is 12.2 Å². The molecule has 1 rings (SSSR count). The zero-order chi connectivity index (χ0) is 27.4. The summed E-state index contributed by atoms with van der Waals surface area (Å²) in [5.74, 6) is -1.29. The van der Waals surface area contributed by atoms with Crippen molar-refractivity contribution in [3.8, 4) is 11.5 Å². The van der Waals surface area contributed by atoms with Crippen molar-refractivity contribution in [3.63, 3.8) is 0 Å². The average Bonchev–Trinajstić information content (AvgIpc) is 2.74. The Morgan fingerprint density at radius 2 is 1.31 bits per heavy atom. The first-order valence-electron chi connectivity index (χ1n) is 11.9. The van der Waals surface area contributed by atoms with Gasteiger partial charge in [-0.05, 0) is 72.1 Å². The summed E-state index contributed by atoms with van der Waals surface area (Å²) in [6, 6.07) is 3.25. The maximum Gasteiger partial charge on any atom is 0.514 e. The van der Waals surface area contributed by atoms with Crippen LogP contribution in [0.5, 0.6) is 11.5 Å². The van der Waals surface area contributed by atoms with Gasteiger partial charge in [-0.15, -0.1) is 0 Å². The predicted octanol–water partition coefficient (Wildman–Crippen LogP) is 4.07. The molecule has 0 heterocycles. The molecule has 0 aliphatic heterocycles. The van der Waals surface area contributed by atoms with Crippen LogP contribution in [0, 0.1) is 0 Å². The molecule has 0 saturated carbocycles. The first-order chi connectivity index (χ1) is 16.8. The average molecular weight is 512 g/mol. The molecule has 11 nitrogen and oxygen atoms in total. The lowest BCUT2D eigenvalue weighted by Crippen LogP contribution is -2.39. The molecule has 0 spiro atoms. The zero-order valence-electron chi connectivity index (χ0n) is 21.9. The monoisotopic (exact) mass is 511 g/mol. The second-order valence-electron chi connectivity index (χ2n) is 8.72. The van der Waals surface area contributed by atoms with Gasteiger partial charge in [0.15, 0.2) is 11.5 Å². The lowest BCUT2D eigenvalue weighted by Gasteiger charge is -2.22. The standard InChI is InChI=1S/C25H37NO10/c1-8-9-22(27)33-16(6)17(7)34-23(28)19(26)12-18-10-11-20(35-24(29)31-14(2)3)21(13-18)36-25(30)32-15(4)5/h10-11,13-17,19H,8-9,12,26H2,1-7H3/t16?,17-,19-/m0/s1. The van der Waals surface area contributed by atoms with Crippen LogP contribution >= 0.6 is 0 Å². The maximum atomic E-state index is 12.5. The van der Waals surface area contributed by atoms with Gasteiger partial charge >= 0.3 is 24.2 Å². The van der Waals surface area contributed by atoms with Gasteiger partial charge in [0, 0.05) is 6.42 Å². The van der Waals surface area contributed by atoms with Gasteiger partial charge in [0.1, 0.15) is 18.2 Å². The van der Waals surface area contributed by atoms with Crippen LogP contribution in [-0.2, 0) is 35.0 Å². The smallest absolute Gasteiger partial charge is 0.459 e. The van der Waals surface area contributed by atoms with Crippen LogP contribution < -0.4 is 15.2 Å². The van der Waals surface area contributed by atoms with Gasteiger partial charge in [-0.3, -0.25) is 9.59 Å². The molecule has 1 aromatic rings. The van der Waals surface area contributed by atoms with Crippen LogP contribution in [0.4, 0.5) is 9.59 Å². The summed E-state index contributed by atoms with van der Waals surface area (Å²) in [7, 11) is 0. The molecule has 1 unspecified atom stereocenters. The molecular weight excluding hydrogens is 474 g/mol. The highest BCUT2D eigenvalue weighted by atomic mass is 16.7. The first-order valence-corrected chi connectivity index (χ1v) is 11.9. The number of hydrogen-bond donors (Lipinski definition) is 1. The van der Waals surface area contributed by atoms with Crippen LogP contribution in [0.2, 0.25) is 0 Å². The van der Waals surface area contributed by atoms with Crippen LogP contribution in [0.1, 0.15) is 66.9 Å². The van der Waals surface area contributed by atoms with Crippen molar-refractivity contribution in [2.75, 3.05) is 0 Å². The van der Waals surface area contributed by atoms with Gasteiger partial charge in [-0.2, -0.15) is 0 Å². The van der Waals surface area contributed by atoms with Crippen molar-refractivity contribution >= 4 is 24.2 Å². The Hall–Kier alpha value is -3.34. The largest absolute Gasteiger partial charge is 0.514 e. The molecule has 3 atom stereocenters. The van der Waals surface area contributed by atoms with E-state index in [0.29, 0.717) is 12.0 Å². The summed E-state index contributed by atoms with van der Waals surface area (Å²) < 4.78 is 30.8. The quantitative estimate of drug-likeness (QED) is 0.246. The Labute approximate surface area is 211 Å². The van der Waals surface area contributed by atoms with Crippen LogP contribution in [-0.4, -0.2) is 54.7 Å². The summed E-state index contributed by atoms with van der Waals surface area (Å²) in [4.78, 5) is 48.1. The highest BCUT2D eigenvalue weighted by molar-refractivity contribution is 5.76. The number of carbonyl (C=O) groups excluding carboxylic acids is 4. The van der Waals surface area contributed by atoms with Crippen molar-refractivity contribution in [1.29, 1.82) is 0 Å². The molecule has 0 amide bonds. The van der Waals surface area contributed by atoms with E-state index in [2.05, 4.69) is 0 Å². The van der Waals surface area contributed by atoms with Crippen LogP contribution in [0.25, 0.3) is 0 Å². The Morgan fingerprint density at radius 1 is 0.778 bits per heavy atom. The van der Waals surface area contributed by atoms with E-state index < -0.39 is 48.7 Å².